The van der Waals surface area contributed by atoms with E-state index in [9.17, 15) is 4.79 Å². The number of amides is 1. The number of rotatable bonds is 7. The van der Waals surface area contributed by atoms with Crippen molar-refractivity contribution in [1.82, 2.24) is 4.98 Å². The number of hydrogen-bond acceptors (Lipinski definition) is 4. The van der Waals surface area contributed by atoms with Gasteiger partial charge in [0, 0.05) is 27.8 Å². The Kier molecular flexibility index (Phi) is 6.72. The molecule has 5 nitrogen and oxygen atoms in total. The van der Waals surface area contributed by atoms with Gasteiger partial charge in [-0.15, -0.1) is 0 Å². The van der Waals surface area contributed by atoms with Crippen LogP contribution in [0, 0.1) is 0 Å². The van der Waals surface area contributed by atoms with Crippen molar-refractivity contribution < 1.29 is 18.1 Å². The molecule has 0 aliphatic rings. The van der Waals surface area contributed by atoms with Crippen LogP contribution in [0.15, 0.2) is 0 Å². The Morgan fingerprint density at radius 2 is 1.93 bits per heavy atom. The highest BCUT2D eigenvalue weighted by Crippen LogP contribution is 2.04. The van der Waals surface area contributed by atoms with Gasteiger partial charge >= 0.3 is 8.97 Å². The fourth-order valence-electron chi connectivity index (χ4n) is 0.906. The first-order chi connectivity index (χ1) is 6.60. The van der Waals surface area contributed by atoms with E-state index >= 15 is 0 Å². The third-order valence-electron chi connectivity index (χ3n) is 1.66. The van der Waals surface area contributed by atoms with E-state index < -0.39 is 8.97 Å². The Morgan fingerprint density at radius 1 is 1.36 bits per heavy atom. The zero-order chi connectivity index (χ0) is 11.0. The van der Waals surface area contributed by atoms with E-state index in [0.717, 1.165) is 12.8 Å². The Hall–Kier alpha value is -0.433. The van der Waals surface area contributed by atoms with Crippen molar-refractivity contribution in [1.29, 1.82) is 0 Å². The molecule has 84 valence electrons. The van der Waals surface area contributed by atoms with Crippen LogP contribution in [0.3, 0.4) is 0 Å². The SMILES string of the molecule is CCCCO[Si](NC(C)=O)(OC)OC. The van der Waals surface area contributed by atoms with Crippen molar-refractivity contribution in [3.63, 3.8) is 0 Å². The number of nitrogens with one attached hydrogen (secondary N) is 1. The highest BCUT2D eigenvalue weighted by molar-refractivity contribution is 6.60. The number of unbranched alkanes of at least 4 members (excludes halogenated alkanes) is 1. The van der Waals surface area contributed by atoms with Gasteiger partial charge in [0.15, 0.2) is 0 Å². The monoisotopic (exact) mass is 221 g/mol. The van der Waals surface area contributed by atoms with Crippen LogP contribution in [0.4, 0.5) is 0 Å². The summed E-state index contributed by atoms with van der Waals surface area (Å²) in [6, 6.07) is 0. The van der Waals surface area contributed by atoms with Gasteiger partial charge in [0.2, 0.25) is 5.91 Å². The predicted octanol–water partition coefficient (Wildman–Crippen LogP) is 0.668. The standard InChI is InChI=1S/C8H19NO4Si/c1-5-6-7-13-14(11-3,12-4)9-8(2)10/h5-7H2,1-4H3,(H,9,10). The Morgan fingerprint density at radius 3 is 2.29 bits per heavy atom. The lowest BCUT2D eigenvalue weighted by atomic mass is 10.4. The summed E-state index contributed by atoms with van der Waals surface area (Å²) >= 11 is 0. The molecule has 0 aliphatic carbocycles. The van der Waals surface area contributed by atoms with Gasteiger partial charge in [-0.3, -0.25) is 4.79 Å². The van der Waals surface area contributed by atoms with Crippen molar-refractivity contribution in [2.45, 2.75) is 26.7 Å². The molecule has 0 aromatic heterocycles. The molecular formula is C8H19NO4Si. The summed E-state index contributed by atoms with van der Waals surface area (Å²) in [5.41, 5.74) is 0. The van der Waals surface area contributed by atoms with E-state index in [2.05, 4.69) is 11.9 Å². The minimum atomic E-state index is -2.94. The van der Waals surface area contributed by atoms with Gasteiger partial charge < -0.3 is 18.3 Å². The Labute approximate surface area is 86.2 Å². The predicted molar refractivity (Wildman–Crippen MR) is 54.4 cm³/mol. The lowest BCUT2D eigenvalue weighted by Crippen LogP contribution is -2.59. The maximum Gasteiger partial charge on any atom is 0.632 e. The minimum Gasteiger partial charge on any atom is -0.360 e. The largest absolute Gasteiger partial charge is 0.632 e. The molecule has 14 heavy (non-hydrogen) atoms. The van der Waals surface area contributed by atoms with Crippen LogP contribution in [-0.4, -0.2) is 35.7 Å². The first kappa shape index (κ1) is 13.6. The molecule has 0 atom stereocenters. The molecule has 0 bridgehead atoms. The minimum absolute atomic E-state index is 0.211. The van der Waals surface area contributed by atoms with Crippen molar-refractivity contribution >= 4 is 14.9 Å². The smallest absolute Gasteiger partial charge is 0.360 e. The molecule has 1 amide bonds. The number of hydrogen-bond donors (Lipinski definition) is 1. The number of carbonyl (C=O) groups is 1. The van der Waals surface area contributed by atoms with Crippen LogP contribution < -0.4 is 4.98 Å². The van der Waals surface area contributed by atoms with Crippen molar-refractivity contribution in [2.24, 2.45) is 0 Å². The van der Waals surface area contributed by atoms with E-state index in [1.807, 2.05) is 0 Å². The quantitative estimate of drug-likeness (QED) is 0.507. The molecular weight excluding hydrogens is 202 g/mol. The van der Waals surface area contributed by atoms with Crippen molar-refractivity contribution in [3.8, 4) is 0 Å². The van der Waals surface area contributed by atoms with Crippen LogP contribution in [0.5, 0.6) is 0 Å². The molecule has 6 heteroatoms. The first-order valence-corrected chi connectivity index (χ1v) is 6.35. The van der Waals surface area contributed by atoms with E-state index in [-0.39, 0.29) is 5.91 Å². The second-order valence-electron chi connectivity index (χ2n) is 2.85. The second-order valence-corrected chi connectivity index (χ2v) is 5.32. The van der Waals surface area contributed by atoms with E-state index in [1.54, 1.807) is 0 Å². The highest BCUT2D eigenvalue weighted by atomic mass is 28.4. The van der Waals surface area contributed by atoms with E-state index in [1.165, 1.54) is 21.1 Å². The lowest BCUT2D eigenvalue weighted by Gasteiger charge is -2.25. The van der Waals surface area contributed by atoms with Crippen molar-refractivity contribution in [3.05, 3.63) is 0 Å². The van der Waals surface area contributed by atoms with Gasteiger partial charge in [-0.25, -0.2) is 0 Å². The Bertz CT molecular complexity index is 173. The van der Waals surface area contributed by atoms with Crippen molar-refractivity contribution in [2.75, 3.05) is 20.8 Å². The first-order valence-electron chi connectivity index (χ1n) is 4.63. The molecule has 0 fully saturated rings. The third kappa shape index (κ3) is 4.71. The lowest BCUT2D eigenvalue weighted by molar-refractivity contribution is -0.119. The summed E-state index contributed by atoms with van der Waals surface area (Å²) in [4.78, 5) is 13.5. The van der Waals surface area contributed by atoms with Gasteiger partial charge in [0.05, 0.1) is 0 Å². The van der Waals surface area contributed by atoms with Crippen LogP contribution in [0.1, 0.15) is 26.7 Å². The molecule has 0 saturated carbocycles. The van der Waals surface area contributed by atoms with Gasteiger partial charge in [-0.2, -0.15) is 0 Å². The van der Waals surface area contributed by atoms with Gasteiger partial charge in [-0.05, 0) is 6.42 Å². The maximum atomic E-state index is 10.9. The van der Waals surface area contributed by atoms with Gasteiger partial charge in [0.1, 0.15) is 0 Å². The highest BCUT2D eigenvalue weighted by Gasteiger charge is 2.41. The maximum absolute atomic E-state index is 10.9. The van der Waals surface area contributed by atoms with Crippen LogP contribution in [0.2, 0.25) is 0 Å². The van der Waals surface area contributed by atoms with Crippen LogP contribution in [0.25, 0.3) is 0 Å². The topological polar surface area (TPSA) is 56.8 Å². The summed E-state index contributed by atoms with van der Waals surface area (Å²) in [7, 11) is -0.00360. The molecule has 0 saturated heterocycles. The fraction of sp³-hybridized carbons (Fsp3) is 0.875. The normalized spacial score (nSPS) is 11.4. The molecule has 0 rings (SSSR count). The van der Waals surface area contributed by atoms with Crippen LogP contribution in [-0.2, 0) is 18.1 Å². The molecule has 0 aromatic rings. The molecule has 0 heterocycles. The summed E-state index contributed by atoms with van der Waals surface area (Å²) in [6.45, 7) is 4.00. The number of carbonyl (C=O) groups excluding carboxylic acids is 1. The summed E-state index contributed by atoms with van der Waals surface area (Å²) in [5.74, 6) is -0.211. The molecule has 0 aliphatic heterocycles. The van der Waals surface area contributed by atoms with Gasteiger partial charge in [-0.1, -0.05) is 13.3 Å². The molecule has 0 aromatic carbocycles. The molecule has 0 radical (unpaired) electrons. The third-order valence-corrected chi connectivity index (χ3v) is 3.97. The van der Waals surface area contributed by atoms with Crippen LogP contribution >= 0.6 is 0 Å². The molecule has 1 N–H and O–H groups in total. The molecule has 0 unspecified atom stereocenters. The summed E-state index contributed by atoms with van der Waals surface area (Å²) in [6.07, 6.45) is 1.94. The second kappa shape index (κ2) is 6.94. The zero-order valence-corrected chi connectivity index (χ0v) is 10.3. The Balaban J connectivity index is 4.14. The molecule has 0 spiro atoms. The zero-order valence-electron chi connectivity index (χ0n) is 9.25. The van der Waals surface area contributed by atoms with E-state index in [4.69, 9.17) is 13.3 Å². The van der Waals surface area contributed by atoms with E-state index in [0.29, 0.717) is 6.61 Å². The average Bonchev–Trinajstić information content (AvgIpc) is 2.16. The van der Waals surface area contributed by atoms with Gasteiger partial charge in [0.25, 0.3) is 0 Å². The fourth-order valence-corrected chi connectivity index (χ4v) is 2.43. The average molecular weight is 221 g/mol. The summed E-state index contributed by atoms with van der Waals surface area (Å²) in [5, 5.41) is 0. The summed E-state index contributed by atoms with van der Waals surface area (Å²) < 4.78 is 15.7.